The van der Waals surface area contributed by atoms with Crippen LogP contribution in [0.25, 0.3) is 0 Å². The van der Waals surface area contributed by atoms with Gasteiger partial charge >= 0.3 is 104 Å². The summed E-state index contributed by atoms with van der Waals surface area (Å²) in [5.74, 6) is 0.796. The van der Waals surface area contributed by atoms with Crippen molar-refractivity contribution in [3.05, 3.63) is 21.0 Å². The van der Waals surface area contributed by atoms with Crippen LogP contribution in [0.2, 0.25) is 0 Å². The van der Waals surface area contributed by atoms with Crippen molar-refractivity contribution >= 4 is 0 Å². The Kier molecular flexibility index (Phi) is 9.78. The fourth-order valence-electron chi connectivity index (χ4n) is 2.42. The predicted octanol–water partition coefficient (Wildman–Crippen LogP) is -1.78. The summed E-state index contributed by atoms with van der Waals surface area (Å²) in [6.45, 7) is 9.42. The molecule has 0 nitrogen and oxygen atoms in total. The Bertz CT molecular complexity index is 269. The molecule has 0 aromatic carbocycles. The van der Waals surface area contributed by atoms with Crippen molar-refractivity contribution in [1.29, 1.82) is 0 Å². The van der Waals surface area contributed by atoms with Gasteiger partial charge in [0.2, 0.25) is 0 Å². The Balaban J connectivity index is 0. The van der Waals surface area contributed by atoms with Gasteiger partial charge in [0.1, 0.15) is 0 Å². The van der Waals surface area contributed by atoms with Crippen molar-refractivity contribution in [1.82, 2.24) is 0 Å². The van der Waals surface area contributed by atoms with Crippen molar-refractivity contribution in [2.75, 3.05) is 0 Å². The van der Waals surface area contributed by atoms with Crippen molar-refractivity contribution < 1.29 is 49.5 Å². The monoisotopic (exact) mass is 337 g/mol. The zero-order valence-electron chi connectivity index (χ0n) is 10.6. The van der Waals surface area contributed by atoms with Crippen molar-refractivity contribution in [3.63, 3.8) is 0 Å². The molecule has 0 fully saturated rings. The molecule has 1 atom stereocenters. The molecule has 0 saturated carbocycles. The van der Waals surface area contributed by atoms with Crippen LogP contribution in [0.5, 0.6) is 0 Å². The summed E-state index contributed by atoms with van der Waals surface area (Å²) in [4.78, 5) is 0. The molecule has 0 heterocycles. The van der Waals surface area contributed by atoms with Gasteiger partial charge in [-0.1, -0.05) is 0 Å². The largest absolute Gasteiger partial charge is 1.00 e. The molecular formula is C13H21Cl2Zr. The van der Waals surface area contributed by atoms with Gasteiger partial charge in [0.05, 0.1) is 0 Å². The van der Waals surface area contributed by atoms with Crippen LogP contribution in [-0.4, -0.2) is 0 Å². The number of hydrogen-bond acceptors (Lipinski definition) is 0. The molecule has 3 heteroatoms. The summed E-state index contributed by atoms with van der Waals surface area (Å²) in [7, 11) is 0. The summed E-state index contributed by atoms with van der Waals surface area (Å²) < 4.78 is 1.67. The summed E-state index contributed by atoms with van der Waals surface area (Å²) in [6.07, 6.45) is 8.49. The van der Waals surface area contributed by atoms with Crippen LogP contribution in [0, 0.1) is 11.3 Å². The third kappa shape index (κ3) is 4.67. The summed E-state index contributed by atoms with van der Waals surface area (Å²) in [5.41, 5.74) is 2.08. The minimum Gasteiger partial charge on any atom is -1.00 e. The minimum atomic E-state index is 0. The topological polar surface area (TPSA) is 0 Å². The van der Waals surface area contributed by atoms with E-state index in [1.165, 1.54) is 19.3 Å². The minimum absolute atomic E-state index is 0. The molecule has 0 N–H and O–H groups in total. The molecule has 1 aliphatic rings. The zero-order valence-corrected chi connectivity index (χ0v) is 14.6. The molecule has 16 heavy (non-hydrogen) atoms. The standard InChI is InChI=1S/C13H21.2ClH.Zr/c1-5-13(4,10-11(2)3)12-8-6-7-9-12;;;/h6,8,11H,5,7,10H2,1-4H3;2*1H;/q;;;+2/p-2. The first-order chi connectivity index (χ1) is 6.49. The van der Waals surface area contributed by atoms with Gasteiger partial charge in [0, 0.05) is 0 Å². The second-order valence-electron chi connectivity index (χ2n) is 5.01. The predicted molar refractivity (Wildman–Crippen MR) is 58.6 cm³/mol. The molecule has 0 spiro atoms. The van der Waals surface area contributed by atoms with E-state index in [1.807, 2.05) is 0 Å². The van der Waals surface area contributed by atoms with E-state index in [0.717, 1.165) is 5.92 Å². The van der Waals surface area contributed by atoms with Crippen LogP contribution >= 0.6 is 0 Å². The van der Waals surface area contributed by atoms with E-state index in [2.05, 4.69) is 39.8 Å². The van der Waals surface area contributed by atoms with E-state index in [9.17, 15) is 0 Å². The van der Waals surface area contributed by atoms with Crippen LogP contribution in [0.3, 0.4) is 0 Å². The van der Waals surface area contributed by atoms with Gasteiger partial charge in [-0.2, -0.15) is 0 Å². The van der Waals surface area contributed by atoms with Gasteiger partial charge in [-0.15, -0.1) is 0 Å². The summed E-state index contributed by atoms with van der Waals surface area (Å²) in [5, 5.41) is 0. The van der Waals surface area contributed by atoms with E-state index in [1.54, 1.807) is 33.6 Å². The summed E-state index contributed by atoms with van der Waals surface area (Å²) in [6, 6.07) is 0. The molecule has 1 aliphatic carbocycles. The number of hydrogen-bond donors (Lipinski definition) is 0. The Morgan fingerprint density at radius 2 is 1.94 bits per heavy atom. The van der Waals surface area contributed by atoms with Gasteiger partial charge in [-0.05, 0) is 0 Å². The molecule has 0 bridgehead atoms. The average molecular weight is 339 g/mol. The fourth-order valence-corrected chi connectivity index (χ4v) is 3.65. The van der Waals surface area contributed by atoms with Crippen LogP contribution in [0.4, 0.5) is 0 Å². The molecule has 0 amide bonds. The van der Waals surface area contributed by atoms with Gasteiger partial charge < -0.3 is 24.8 Å². The Morgan fingerprint density at radius 1 is 1.38 bits per heavy atom. The van der Waals surface area contributed by atoms with E-state index in [0.29, 0.717) is 5.41 Å². The normalized spacial score (nSPS) is 18.2. The van der Waals surface area contributed by atoms with Crippen molar-refractivity contribution in [2.45, 2.75) is 47.0 Å². The number of halogens is 2. The Labute approximate surface area is 128 Å². The van der Waals surface area contributed by atoms with Crippen molar-refractivity contribution in [3.8, 4) is 0 Å². The van der Waals surface area contributed by atoms with Crippen LogP contribution < -0.4 is 24.8 Å². The van der Waals surface area contributed by atoms with Gasteiger partial charge in [-0.3, -0.25) is 0 Å². The summed E-state index contributed by atoms with van der Waals surface area (Å²) >= 11 is 1.61. The quantitative estimate of drug-likeness (QED) is 0.568. The average Bonchev–Trinajstić information content (AvgIpc) is 2.50. The first kappa shape index (κ1) is 19.3. The van der Waals surface area contributed by atoms with Gasteiger partial charge in [-0.25, -0.2) is 0 Å². The van der Waals surface area contributed by atoms with Crippen LogP contribution in [0.15, 0.2) is 21.0 Å². The molecule has 1 rings (SSSR count). The van der Waals surface area contributed by atoms with E-state index < -0.39 is 0 Å². The Morgan fingerprint density at radius 3 is 2.25 bits per heavy atom. The first-order valence-corrected chi connectivity index (χ1v) is 6.84. The van der Waals surface area contributed by atoms with Gasteiger partial charge in [0.15, 0.2) is 0 Å². The maximum atomic E-state index is 2.43. The first-order valence-electron chi connectivity index (χ1n) is 5.61. The van der Waals surface area contributed by atoms with E-state index in [-0.39, 0.29) is 24.8 Å². The maximum absolute atomic E-state index is 2.43. The third-order valence-electron chi connectivity index (χ3n) is 3.22. The van der Waals surface area contributed by atoms with Crippen molar-refractivity contribution in [2.24, 2.45) is 11.3 Å². The smallest absolute Gasteiger partial charge is 1.00 e. The molecule has 0 aromatic rings. The van der Waals surface area contributed by atoms with Crippen LogP contribution in [-0.2, 0) is 24.7 Å². The third-order valence-corrected chi connectivity index (χ3v) is 4.38. The van der Waals surface area contributed by atoms with E-state index in [4.69, 9.17) is 0 Å². The fraction of sp³-hybridized carbons (Fsp3) is 0.692. The van der Waals surface area contributed by atoms with Gasteiger partial charge in [0.25, 0.3) is 0 Å². The molecule has 0 radical (unpaired) electrons. The molecule has 0 saturated heterocycles. The number of allylic oxidation sites excluding steroid dienone is 4. The second kappa shape index (κ2) is 8.12. The number of rotatable bonds is 4. The molecule has 91 valence electrons. The molecular weight excluding hydrogens is 318 g/mol. The van der Waals surface area contributed by atoms with Crippen LogP contribution in [0.1, 0.15) is 47.0 Å². The molecule has 0 aromatic heterocycles. The molecule has 1 unspecified atom stereocenters. The second-order valence-corrected chi connectivity index (χ2v) is 6.49. The van der Waals surface area contributed by atoms with E-state index >= 15 is 0 Å². The molecule has 0 aliphatic heterocycles. The Hall–Kier alpha value is 0.943. The SMILES string of the molecule is CCC(C)(CC(C)C)C1=[C]([Zr+2])CC=C1.[Cl-].[Cl-]. The maximum Gasteiger partial charge on any atom is -1.00 e. The zero-order chi connectivity index (χ0) is 10.8.